The molecule has 2 aromatic carbocycles. The second-order valence-corrected chi connectivity index (χ2v) is 9.75. The molecule has 174 valence electrons. The predicted octanol–water partition coefficient (Wildman–Crippen LogP) is 4.75. The Hall–Kier alpha value is -3.50. The van der Waals surface area contributed by atoms with Crippen LogP contribution < -0.4 is 10.2 Å². The van der Waals surface area contributed by atoms with Crippen molar-refractivity contribution < 1.29 is 18.7 Å². The number of halogens is 1. The van der Waals surface area contributed by atoms with E-state index < -0.39 is 5.97 Å². The third kappa shape index (κ3) is 4.87. The number of nitrogens with zero attached hydrogens (tertiary/aromatic N) is 3. The molecule has 34 heavy (non-hydrogen) atoms. The minimum Gasteiger partial charge on any atom is -0.451 e. The number of thiazole rings is 1. The van der Waals surface area contributed by atoms with E-state index in [1.54, 1.807) is 29.2 Å². The Balaban J connectivity index is 1.13. The number of rotatable bonds is 6. The van der Waals surface area contributed by atoms with Gasteiger partial charge in [-0.1, -0.05) is 41.7 Å². The molecule has 1 saturated heterocycles. The minimum atomic E-state index is -0.536. The maximum absolute atomic E-state index is 14.0. The van der Waals surface area contributed by atoms with Gasteiger partial charge < -0.3 is 19.9 Å². The van der Waals surface area contributed by atoms with E-state index in [-0.39, 0.29) is 18.3 Å². The molecule has 0 saturated carbocycles. The SMILES string of the molecule is O=C(OCC(=O)N1CCN(c2ccccc2F)CC1)c1cc2sc(Nc3ccccc3)nc2s1. The third-order valence-electron chi connectivity index (χ3n) is 5.47. The third-order valence-corrected chi connectivity index (χ3v) is 7.52. The molecule has 0 spiro atoms. The van der Waals surface area contributed by atoms with Crippen LogP contribution >= 0.6 is 22.7 Å². The first-order valence-electron chi connectivity index (χ1n) is 10.7. The van der Waals surface area contributed by atoms with Crippen molar-refractivity contribution >= 4 is 60.6 Å². The maximum atomic E-state index is 14.0. The van der Waals surface area contributed by atoms with Crippen LogP contribution in [0.5, 0.6) is 0 Å². The fourth-order valence-electron chi connectivity index (χ4n) is 3.73. The molecule has 0 radical (unpaired) electrons. The number of fused-ring (bicyclic) bond motifs is 1. The van der Waals surface area contributed by atoms with Gasteiger partial charge in [-0.15, -0.1) is 11.3 Å². The first-order valence-corrected chi connectivity index (χ1v) is 12.4. The lowest BCUT2D eigenvalue weighted by Crippen LogP contribution is -2.50. The van der Waals surface area contributed by atoms with Gasteiger partial charge in [-0.2, -0.15) is 0 Å². The van der Waals surface area contributed by atoms with Crippen molar-refractivity contribution in [3.63, 3.8) is 0 Å². The van der Waals surface area contributed by atoms with Crippen LogP contribution in [0.3, 0.4) is 0 Å². The highest BCUT2D eigenvalue weighted by atomic mass is 32.1. The van der Waals surface area contributed by atoms with Crippen molar-refractivity contribution in [3.05, 3.63) is 71.4 Å². The zero-order chi connectivity index (χ0) is 23.5. The molecular formula is C24H21FN4O3S2. The number of amides is 1. The summed E-state index contributed by atoms with van der Waals surface area (Å²) in [6.45, 7) is 1.61. The highest BCUT2D eigenvalue weighted by Gasteiger charge is 2.24. The molecule has 7 nitrogen and oxygen atoms in total. The summed E-state index contributed by atoms with van der Waals surface area (Å²) in [5.41, 5.74) is 1.48. The summed E-state index contributed by atoms with van der Waals surface area (Å²) in [4.78, 5) is 34.2. The van der Waals surface area contributed by atoms with Gasteiger partial charge in [0.1, 0.15) is 15.5 Å². The van der Waals surface area contributed by atoms with Gasteiger partial charge in [0.15, 0.2) is 11.7 Å². The Labute approximate surface area is 203 Å². The van der Waals surface area contributed by atoms with Gasteiger partial charge in [0, 0.05) is 31.9 Å². The Morgan fingerprint density at radius 2 is 1.74 bits per heavy atom. The highest BCUT2D eigenvalue weighted by Crippen LogP contribution is 2.34. The quantitative estimate of drug-likeness (QED) is 0.389. The van der Waals surface area contributed by atoms with Crippen LogP contribution in [0, 0.1) is 5.82 Å². The summed E-state index contributed by atoms with van der Waals surface area (Å²) in [6, 6.07) is 18.1. The van der Waals surface area contributed by atoms with Gasteiger partial charge in [0.25, 0.3) is 5.91 Å². The number of nitrogens with one attached hydrogen (secondary N) is 1. The Morgan fingerprint density at radius 1 is 1.00 bits per heavy atom. The molecule has 3 heterocycles. The van der Waals surface area contributed by atoms with Crippen molar-refractivity contribution in [2.75, 3.05) is 43.0 Å². The zero-order valence-electron chi connectivity index (χ0n) is 18.1. The normalized spacial score (nSPS) is 13.8. The van der Waals surface area contributed by atoms with Gasteiger partial charge in [-0.05, 0) is 30.3 Å². The zero-order valence-corrected chi connectivity index (χ0v) is 19.7. The largest absolute Gasteiger partial charge is 0.451 e. The summed E-state index contributed by atoms with van der Waals surface area (Å²) >= 11 is 2.69. The van der Waals surface area contributed by atoms with E-state index in [0.29, 0.717) is 36.7 Å². The van der Waals surface area contributed by atoms with Crippen LogP contribution in [0.1, 0.15) is 9.67 Å². The average Bonchev–Trinajstić information content (AvgIpc) is 3.42. The lowest BCUT2D eigenvalue weighted by molar-refractivity contribution is -0.134. The summed E-state index contributed by atoms with van der Waals surface area (Å²) in [5, 5.41) is 3.99. The number of para-hydroxylation sites is 2. The average molecular weight is 497 g/mol. The molecule has 0 aliphatic carbocycles. The van der Waals surface area contributed by atoms with E-state index in [4.69, 9.17) is 4.74 Å². The minimum absolute atomic E-state index is 0.257. The summed E-state index contributed by atoms with van der Waals surface area (Å²) in [5.74, 6) is -1.07. The number of piperazine rings is 1. The number of hydrogen-bond acceptors (Lipinski definition) is 8. The number of carbonyl (C=O) groups excluding carboxylic acids is 2. The summed E-state index contributed by atoms with van der Waals surface area (Å²) in [6.07, 6.45) is 0. The lowest BCUT2D eigenvalue weighted by Gasteiger charge is -2.36. The molecule has 0 unspecified atom stereocenters. The molecule has 1 N–H and O–H groups in total. The van der Waals surface area contributed by atoms with Crippen LogP contribution in [0.25, 0.3) is 9.53 Å². The van der Waals surface area contributed by atoms with Crippen molar-refractivity contribution in [2.24, 2.45) is 0 Å². The Morgan fingerprint density at radius 3 is 2.47 bits per heavy atom. The van der Waals surface area contributed by atoms with E-state index >= 15 is 0 Å². The molecule has 1 fully saturated rings. The van der Waals surface area contributed by atoms with Crippen LogP contribution in [0.4, 0.5) is 20.9 Å². The first kappa shape index (κ1) is 22.3. The molecule has 0 atom stereocenters. The van der Waals surface area contributed by atoms with Gasteiger partial charge >= 0.3 is 5.97 Å². The van der Waals surface area contributed by atoms with E-state index in [1.165, 1.54) is 28.7 Å². The van der Waals surface area contributed by atoms with E-state index in [1.807, 2.05) is 35.2 Å². The smallest absolute Gasteiger partial charge is 0.348 e. The number of ether oxygens (including phenoxy) is 1. The standard InChI is InChI=1S/C24H21FN4O3S2/c25-17-8-4-5-9-18(17)28-10-12-29(13-11-28)21(30)15-32-23(31)20-14-19-22(33-20)27-24(34-19)26-16-6-2-1-3-7-16/h1-9,14H,10-13,15H2,(H,26,27). The molecule has 1 aliphatic rings. The number of thiophene rings is 1. The Bertz CT molecular complexity index is 1280. The molecular weight excluding hydrogens is 475 g/mol. The van der Waals surface area contributed by atoms with E-state index in [0.717, 1.165) is 20.3 Å². The number of benzene rings is 2. The molecule has 10 heteroatoms. The second kappa shape index (κ2) is 9.78. The number of esters is 1. The van der Waals surface area contributed by atoms with Crippen molar-refractivity contribution in [1.82, 2.24) is 9.88 Å². The Kier molecular flexibility index (Phi) is 6.41. The van der Waals surface area contributed by atoms with Crippen LogP contribution in [-0.4, -0.2) is 54.5 Å². The van der Waals surface area contributed by atoms with E-state index in [9.17, 15) is 14.0 Å². The van der Waals surface area contributed by atoms with Gasteiger partial charge in [0.05, 0.1) is 10.4 Å². The number of hydrogen-bond donors (Lipinski definition) is 1. The summed E-state index contributed by atoms with van der Waals surface area (Å²) in [7, 11) is 0. The van der Waals surface area contributed by atoms with Gasteiger partial charge in [0.2, 0.25) is 0 Å². The van der Waals surface area contributed by atoms with E-state index in [2.05, 4.69) is 10.3 Å². The molecule has 1 amide bonds. The molecule has 5 rings (SSSR count). The van der Waals surface area contributed by atoms with Gasteiger partial charge in [-0.25, -0.2) is 14.2 Å². The number of anilines is 3. The second-order valence-electron chi connectivity index (χ2n) is 7.69. The fourth-order valence-corrected chi connectivity index (χ4v) is 5.76. The highest BCUT2D eigenvalue weighted by molar-refractivity contribution is 7.29. The fraction of sp³-hybridized carbons (Fsp3) is 0.208. The van der Waals surface area contributed by atoms with Crippen molar-refractivity contribution in [3.8, 4) is 0 Å². The monoisotopic (exact) mass is 496 g/mol. The first-order chi connectivity index (χ1) is 16.6. The molecule has 2 aromatic heterocycles. The summed E-state index contributed by atoms with van der Waals surface area (Å²) < 4.78 is 20.1. The predicted molar refractivity (Wildman–Crippen MR) is 133 cm³/mol. The lowest BCUT2D eigenvalue weighted by atomic mass is 10.2. The topological polar surface area (TPSA) is 74.8 Å². The van der Waals surface area contributed by atoms with Crippen molar-refractivity contribution in [1.29, 1.82) is 0 Å². The number of aromatic nitrogens is 1. The molecule has 0 bridgehead atoms. The van der Waals surface area contributed by atoms with Crippen LogP contribution in [0.2, 0.25) is 0 Å². The number of carbonyl (C=O) groups is 2. The van der Waals surface area contributed by atoms with Crippen molar-refractivity contribution in [2.45, 2.75) is 0 Å². The molecule has 1 aliphatic heterocycles. The van der Waals surface area contributed by atoms with Gasteiger partial charge in [-0.3, -0.25) is 4.79 Å². The maximum Gasteiger partial charge on any atom is 0.348 e. The molecule has 4 aromatic rings. The van der Waals surface area contributed by atoms with Crippen LogP contribution in [0.15, 0.2) is 60.7 Å². The van der Waals surface area contributed by atoms with Crippen LogP contribution in [-0.2, 0) is 9.53 Å².